The highest BCUT2D eigenvalue weighted by atomic mass is 16.5. The Kier molecular flexibility index (Phi) is 6.96. The van der Waals surface area contributed by atoms with E-state index in [1.54, 1.807) is 6.07 Å². The first-order chi connectivity index (χ1) is 15.2. The van der Waals surface area contributed by atoms with Crippen LogP contribution in [0.2, 0.25) is 0 Å². The lowest BCUT2D eigenvalue weighted by atomic mass is 10.1. The molecule has 31 heavy (non-hydrogen) atoms. The van der Waals surface area contributed by atoms with Gasteiger partial charge in [0.1, 0.15) is 5.75 Å². The van der Waals surface area contributed by atoms with Gasteiger partial charge in [-0.1, -0.05) is 35.5 Å². The maximum Gasteiger partial charge on any atom is 0.274 e. The van der Waals surface area contributed by atoms with E-state index < -0.39 is 0 Å². The van der Waals surface area contributed by atoms with E-state index in [9.17, 15) is 4.79 Å². The van der Waals surface area contributed by atoms with E-state index in [2.05, 4.69) is 15.4 Å². The van der Waals surface area contributed by atoms with Gasteiger partial charge in [-0.15, -0.1) is 0 Å². The standard InChI is InChI=1S/C24H27N3O4/c1-2-30-20-10-8-19(9-11-20)23-16-21(26-31-23)24(28)25-22(18-6-4-3-5-7-18)17-27-12-14-29-15-13-27/h3-11,16,22H,2,12-15,17H2,1H3,(H,25,28)/t22-/m0/s1. The van der Waals surface area contributed by atoms with Crippen molar-refractivity contribution in [3.05, 3.63) is 71.9 Å². The number of amides is 1. The summed E-state index contributed by atoms with van der Waals surface area (Å²) < 4.78 is 16.3. The Bertz CT molecular complexity index is 966. The van der Waals surface area contributed by atoms with Gasteiger partial charge >= 0.3 is 0 Å². The third kappa shape index (κ3) is 5.51. The second kappa shape index (κ2) is 10.2. The summed E-state index contributed by atoms with van der Waals surface area (Å²) in [6.45, 7) is 6.39. The quantitative estimate of drug-likeness (QED) is 0.600. The zero-order valence-electron chi connectivity index (χ0n) is 17.6. The fraction of sp³-hybridized carbons (Fsp3) is 0.333. The van der Waals surface area contributed by atoms with Crippen molar-refractivity contribution in [3.63, 3.8) is 0 Å². The zero-order valence-corrected chi connectivity index (χ0v) is 17.6. The summed E-state index contributed by atoms with van der Waals surface area (Å²) in [5, 5.41) is 7.12. The molecule has 1 fully saturated rings. The number of nitrogens with one attached hydrogen (secondary N) is 1. The minimum atomic E-state index is -0.261. The van der Waals surface area contributed by atoms with Crippen molar-refractivity contribution in [1.82, 2.24) is 15.4 Å². The van der Waals surface area contributed by atoms with Gasteiger partial charge in [0.2, 0.25) is 0 Å². The van der Waals surface area contributed by atoms with Gasteiger partial charge in [0.05, 0.1) is 25.9 Å². The molecule has 1 aromatic heterocycles. The molecule has 0 spiro atoms. The molecule has 0 saturated carbocycles. The van der Waals surface area contributed by atoms with Crippen molar-refractivity contribution in [1.29, 1.82) is 0 Å². The van der Waals surface area contributed by atoms with E-state index in [-0.39, 0.29) is 17.6 Å². The van der Waals surface area contributed by atoms with Gasteiger partial charge in [-0.25, -0.2) is 0 Å². The lowest BCUT2D eigenvalue weighted by Crippen LogP contribution is -2.43. The Morgan fingerprint density at radius 3 is 2.58 bits per heavy atom. The van der Waals surface area contributed by atoms with Crippen molar-refractivity contribution >= 4 is 5.91 Å². The van der Waals surface area contributed by atoms with Crippen molar-refractivity contribution < 1.29 is 18.8 Å². The largest absolute Gasteiger partial charge is 0.494 e. The van der Waals surface area contributed by atoms with Crippen LogP contribution in [0.1, 0.15) is 29.0 Å². The van der Waals surface area contributed by atoms with Crippen molar-refractivity contribution in [2.45, 2.75) is 13.0 Å². The van der Waals surface area contributed by atoms with Gasteiger partial charge < -0.3 is 19.3 Å². The second-order valence-electron chi connectivity index (χ2n) is 7.38. The number of hydrogen-bond acceptors (Lipinski definition) is 6. The Hall–Kier alpha value is -3.16. The number of carbonyl (C=O) groups excluding carboxylic acids is 1. The molecule has 1 atom stereocenters. The molecule has 1 aliphatic heterocycles. The summed E-state index contributed by atoms with van der Waals surface area (Å²) in [5.41, 5.74) is 2.15. The molecule has 162 valence electrons. The maximum absolute atomic E-state index is 13.0. The topological polar surface area (TPSA) is 76.8 Å². The molecule has 7 nitrogen and oxygen atoms in total. The lowest BCUT2D eigenvalue weighted by Gasteiger charge is -2.31. The monoisotopic (exact) mass is 421 g/mol. The number of morpholine rings is 1. The first-order valence-corrected chi connectivity index (χ1v) is 10.6. The predicted molar refractivity (Wildman–Crippen MR) is 117 cm³/mol. The van der Waals surface area contributed by atoms with E-state index in [1.807, 2.05) is 61.5 Å². The molecule has 2 heterocycles. The molecule has 1 amide bonds. The van der Waals surface area contributed by atoms with E-state index >= 15 is 0 Å². The van der Waals surface area contributed by atoms with Crippen LogP contribution in [0.3, 0.4) is 0 Å². The summed E-state index contributed by atoms with van der Waals surface area (Å²) in [5.74, 6) is 1.07. The SMILES string of the molecule is CCOc1ccc(-c2cc(C(=O)N[C@@H](CN3CCOCC3)c3ccccc3)no2)cc1. The highest BCUT2D eigenvalue weighted by Gasteiger charge is 2.22. The summed E-state index contributed by atoms with van der Waals surface area (Å²) >= 11 is 0. The smallest absolute Gasteiger partial charge is 0.274 e. The Labute approximate surface area is 181 Å². The molecule has 3 aromatic rings. The Morgan fingerprint density at radius 1 is 1.13 bits per heavy atom. The first-order valence-electron chi connectivity index (χ1n) is 10.6. The molecular formula is C24H27N3O4. The van der Waals surface area contributed by atoms with Gasteiger partial charge in [0, 0.05) is 31.3 Å². The molecule has 0 bridgehead atoms. The van der Waals surface area contributed by atoms with Crippen LogP contribution in [0.15, 0.2) is 65.2 Å². The molecule has 1 aliphatic rings. The first kappa shape index (κ1) is 21.1. The number of nitrogens with zero attached hydrogens (tertiary/aromatic N) is 2. The van der Waals surface area contributed by atoms with Crippen LogP contribution in [-0.2, 0) is 4.74 Å². The van der Waals surface area contributed by atoms with Crippen LogP contribution >= 0.6 is 0 Å². The molecule has 2 aromatic carbocycles. The highest BCUT2D eigenvalue weighted by molar-refractivity contribution is 5.93. The predicted octanol–water partition coefficient (Wildman–Crippen LogP) is 3.54. The summed E-state index contributed by atoms with van der Waals surface area (Å²) in [7, 11) is 0. The van der Waals surface area contributed by atoms with Gasteiger partial charge in [-0.2, -0.15) is 0 Å². The molecule has 0 radical (unpaired) electrons. The zero-order chi connectivity index (χ0) is 21.5. The number of carbonyl (C=O) groups is 1. The number of aromatic nitrogens is 1. The van der Waals surface area contributed by atoms with Crippen LogP contribution < -0.4 is 10.1 Å². The van der Waals surface area contributed by atoms with Crippen molar-refractivity contribution in [2.75, 3.05) is 39.5 Å². The van der Waals surface area contributed by atoms with Crippen molar-refractivity contribution in [3.8, 4) is 17.1 Å². The van der Waals surface area contributed by atoms with Gasteiger partial charge in [0.25, 0.3) is 5.91 Å². The number of hydrogen-bond donors (Lipinski definition) is 1. The number of benzene rings is 2. The molecule has 1 N–H and O–H groups in total. The third-order valence-corrected chi connectivity index (χ3v) is 5.24. The van der Waals surface area contributed by atoms with Crippen LogP contribution in [0.5, 0.6) is 5.75 Å². The molecular weight excluding hydrogens is 394 g/mol. The van der Waals surface area contributed by atoms with Crippen LogP contribution in [0.25, 0.3) is 11.3 Å². The van der Waals surface area contributed by atoms with Crippen molar-refractivity contribution in [2.24, 2.45) is 0 Å². The third-order valence-electron chi connectivity index (χ3n) is 5.24. The van der Waals surface area contributed by atoms with Gasteiger partial charge in [-0.3, -0.25) is 9.69 Å². The fourth-order valence-electron chi connectivity index (χ4n) is 3.59. The minimum absolute atomic E-state index is 0.155. The van der Waals surface area contributed by atoms with Crippen LogP contribution in [0.4, 0.5) is 0 Å². The summed E-state index contributed by atoms with van der Waals surface area (Å²) in [6.07, 6.45) is 0. The lowest BCUT2D eigenvalue weighted by molar-refractivity contribution is 0.0332. The highest BCUT2D eigenvalue weighted by Crippen LogP contribution is 2.24. The second-order valence-corrected chi connectivity index (χ2v) is 7.38. The van der Waals surface area contributed by atoms with Crippen LogP contribution in [-0.4, -0.2) is 55.4 Å². The summed E-state index contributed by atoms with van der Waals surface area (Å²) in [6, 6.07) is 19.0. The van der Waals surface area contributed by atoms with Gasteiger partial charge in [0.15, 0.2) is 11.5 Å². The average Bonchev–Trinajstić information content (AvgIpc) is 3.31. The molecule has 1 saturated heterocycles. The van der Waals surface area contributed by atoms with E-state index in [1.165, 1.54) is 0 Å². The number of rotatable bonds is 8. The maximum atomic E-state index is 13.0. The minimum Gasteiger partial charge on any atom is -0.494 e. The van der Waals surface area contributed by atoms with E-state index in [0.29, 0.717) is 32.1 Å². The molecule has 0 aliphatic carbocycles. The van der Waals surface area contributed by atoms with Gasteiger partial charge in [-0.05, 0) is 36.8 Å². The summed E-state index contributed by atoms with van der Waals surface area (Å²) in [4.78, 5) is 15.3. The normalized spacial score (nSPS) is 15.4. The van der Waals surface area contributed by atoms with E-state index in [0.717, 1.165) is 30.0 Å². The fourth-order valence-corrected chi connectivity index (χ4v) is 3.59. The van der Waals surface area contributed by atoms with Crippen LogP contribution in [0, 0.1) is 0 Å². The molecule has 0 unspecified atom stereocenters. The number of ether oxygens (including phenoxy) is 2. The Balaban J connectivity index is 1.46. The molecule has 7 heteroatoms. The Morgan fingerprint density at radius 2 is 1.87 bits per heavy atom. The average molecular weight is 421 g/mol. The molecule has 4 rings (SSSR count). The van der Waals surface area contributed by atoms with E-state index in [4.69, 9.17) is 14.0 Å².